The van der Waals surface area contributed by atoms with Gasteiger partial charge in [-0.1, -0.05) is 66.7 Å². The number of aliphatic hydroxyl groups excluding tert-OH is 1. The summed E-state index contributed by atoms with van der Waals surface area (Å²) in [5.41, 5.74) is 1.89. The number of hydrogen-bond acceptors (Lipinski definition) is 8. The maximum Gasteiger partial charge on any atom is 0.200 e. The van der Waals surface area contributed by atoms with Crippen LogP contribution in [-0.4, -0.2) is 46.2 Å². The van der Waals surface area contributed by atoms with Crippen molar-refractivity contribution in [3.05, 3.63) is 113 Å². The number of aliphatic hydroxyl groups is 1. The molecular formula is C31H26O8. The molecule has 0 fully saturated rings. The van der Waals surface area contributed by atoms with E-state index >= 15 is 0 Å². The van der Waals surface area contributed by atoms with Crippen LogP contribution in [0.4, 0.5) is 0 Å². The summed E-state index contributed by atoms with van der Waals surface area (Å²) >= 11 is 0. The number of fused-ring (bicyclic) bond motifs is 1. The summed E-state index contributed by atoms with van der Waals surface area (Å²) in [6.45, 7) is -0.532. The number of carbonyl (C=O) groups excluding carboxylic acids is 2. The van der Waals surface area contributed by atoms with Crippen molar-refractivity contribution in [3.63, 3.8) is 0 Å². The second kappa shape index (κ2) is 11.3. The lowest BCUT2D eigenvalue weighted by atomic mass is 9.94. The van der Waals surface area contributed by atoms with E-state index in [-0.39, 0.29) is 59.9 Å². The van der Waals surface area contributed by atoms with Gasteiger partial charge in [0.05, 0.1) is 6.10 Å². The van der Waals surface area contributed by atoms with Crippen LogP contribution in [0.25, 0.3) is 0 Å². The highest BCUT2D eigenvalue weighted by atomic mass is 16.5. The summed E-state index contributed by atoms with van der Waals surface area (Å²) in [7, 11) is 0. The Morgan fingerprint density at radius 1 is 0.769 bits per heavy atom. The number of aromatic hydroxyl groups is 2. The Morgan fingerprint density at radius 2 is 1.36 bits per heavy atom. The van der Waals surface area contributed by atoms with Crippen molar-refractivity contribution in [3.8, 4) is 28.7 Å². The smallest absolute Gasteiger partial charge is 0.200 e. The summed E-state index contributed by atoms with van der Waals surface area (Å²) in [4.78, 5) is 25.3. The van der Waals surface area contributed by atoms with E-state index < -0.39 is 12.2 Å². The molecule has 0 saturated carbocycles. The Bertz CT molecular complexity index is 1480. The highest BCUT2D eigenvalue weighted by molar-refractivity contribution is 5.97. The van der Waals surface area contributed by atoms with Crippen LogP contribution in [0.3, 0.4) is 0 Å². The molecule has 8 nitrogen and oxygen atoms in total. The van der Waals surface area contributed by atoms with E-state index in [0.29, 0.717) is 22.3 Å². The first kappa shape index (κ1) is 25.8. The van der Waals surface area contributed by atoms with Crippen LogP contribution in [0.15, 0.2) is 91.0 Å². The number of rotatable bonds is 9. The molecule has 1 aliphatic rings. The fourth-order valence-corrected chi connectivity index (χ4v) is 4.38. The molecule has 3 N–H and O–H groups in total. The van der Waals surface area contributed by atoms with Crippen LogP contribution >= 0.6 is 0 Å². The number of phenols is 2. The Labute approximate surface area is 224 Å². The molecule has 5 rings (SSSR count). The summed E-state index contributed by atoms with van der Waals surface area (Å²) in [5.74, 6) is -0.134. The first-order valence-corrected chi connectivity index (χ1v) is 12.3. The number of benzene rings is 4. The van der Waals surface area contributed by atoms with E-state index in [2.05, 4.69) is 0 Å². The zero-order chi connectivity index (χ0) is 27.4. The van der Waals surface area contributed by atoms with E-state index in [9.17, 15) is 24.9 Å². The summed E-state index contributed by atoms with van der Waals surface area (Å²) in [6, 6.07) is 24.8. The Morgan fingerprint density at radius 3 is 1.97 bits per heavy atom. The van der Waals surface area contributed by atoms with Gasteiger partial charge < -0.3 is 29.5 Å². The molecule has 2 atom stereocenters. The molecule has 0 unspecified atom stereocenters. The molecule has 0 saturated heterocycles. The van der Waals surface area contributed by atoms with Gasteiger partial charge in [0.25, 0.3) is 0 Å². The van der Waals surface area contributed by atoms with E-state index in [1.807, 2.05) is 12.1 Å². The van der Waals surface area contributed by atoms with Crippen molar-refractivity contribution in [2.45, 2.75) is 18.6 Å². The van der Waals surface area contributed by atoms with Gasteiger partial charge in [-0.05, 0) is 17.7 Å². The standard InChI is InChI=1S/C31H26O8/c32-22-14-24(33)23-16-25(34)31(39-29(23)15-22)21-11-12-28(37-17-26(35)19-7-3-1-4-8-19)30(13-21)38-18-27(36)20-9-5-2-6-10-20/h1-15,25,31-34H,16-18H2/t25-,31-/m0/s1. The van der Waals surface area contributed by atoms with E-state index in [1.165, 1.54) is 12.1 Å². The van der Waals surface area contributed by atoms with Gasteiger partial charge in [0, 0.05) is 35.2 Å². The highest BCUT2D eigenvalue weighted by Crippen LogP contribution is 2.43. The average Bonchev–Trinajstić information content (AvgIpc) is 2.96. The van der Waals surface area contributed by atoms with E-state index in [4.69, 9.17) is 14.2 Å². The molecule has 4 aromatic carbocycles. The average molecular weight is 527 g/mol. The number of hydrogen-bond donors (Lipinski definition) is 3. The second-order valence-corrected chi connectivity index (χ2v) is 9.11. The molecule has 4 aromatic rings. The minimum Gasteiger partial charge on any atom is -0.508 e. The van der Waals surface area contributed by atoms with Crippen molar-refractivity contribution < 1.29 is 39.1 Å². The Balaban J connectivity index is 1.40. The first-order chi connectivity index (χ1) is 18.9. The Hall–Kier alpha value is -4.82. The van der Waals surface area contributed by atoms with Crippen LogP contribution in [0.1, 0.15) is 37.9 Å². The number of phenolic OH excluding ortho intramolecular Hbond substituents is 2. The molecule has 0 radical (unpaired) electrons. The molecular weight excluding hydrogens is 500 g/mol. The van der Waals surface area contributed by atoms with Crippen LogP contribution in [0, 0.1) is 0 Å². The third-order valence-corrected chi connectivity index (χ3v) is 6.39. The molecule has 198 valence electrons. The largest absolute Gasteiger partial charge is 0.508 e. The van der Waals surface area contributed by atoms with Gasteiger partial charge in [-0.2, -0.15) is 0 Å². The zero-order valence-electron chi connectivity index (χ0n) is 20.8. The SMILES string of the molecule is O=C(COc1ccc([C@@H]2Oc3cc(O)cc(O)c3C[C@@H]2O)cc1OCC(=O)c1ccccc1)c1ccccc1. The maximum absolute atomic E-state index is 12.7. The summed E-state index contributed by atoms with van der Waals surface area (Å²) in [6.07, 6.45) is -1.78. The topological polar surface area (TPSA) is 123 Å². The fraction of sp³-hybridized carbons (Fsp3) is 0.161. The molecule has 39 heavy (non-hydrogen) atoms. The van der Waals surface area contributed by atoms with Gasteiger partial charge in [0.2, 0.25) is 0 Å². The molecule has 8 heteroatoms. The van der Waals surface area contributed by atoms with Gasteiger partial charge in [0.15, 0.2) is 36.3 Å². The lowest BCUT2D eigenvalue weighted by Crippen LogP contribution is -2.30. The molecule has 1 heterocycles. The molecule has 1 aliphatic heterocycles. The lowest BCUT2D eigenvalue weighted by Gasteiger charge is -2.31. The molecule has 0 aliphatic carbocycles. The van der Waals surface area contributed by atoms with Gasteiger partial charge in [-0.15, -0.1) is 0 Å². The van der Waals surface area contributed by atoms with Crippen molar-refractivity contribution >= 4 is 11.6 Å². The summed E-state index contributed by atoms with van der Waals surface area (Å²) < 4.78 is 17.6. The zero-order valence-corrected chi connectivity index (χ0v) is 20.8. The predicted molar refractivity (Wildman–Crippen MR) is 142 cm³/mol. The van der Waals surface area contributed by atoms with Crippen LogP contribution in [0.5, 0.6) is 28.7 Å². The van der Waals surface area contributed by atoms with Crippen LogP contribution < -0.4 is 14.2 Å². The molecule has 0 spiro atoms. The summed E-state index contributed by atoms with van der Waals surface area (Å²) in [5, 5.41) is 30.8. The molecule has 0 bridgehead atoms. The van der Waals surface area contributed by atoms with Crippen molar-refractivity contribution in [2.75, 3.05) is 13.2 Å². The van der Waals surface area contributed by atoms with Gasteiger partial charge in [0.1, 0.15) is 23.4 Å². The van der Waals surface area contributed by atoms with Crippen LogP contribution in [0.2, 0.25) is 0 Å². The quantitative estimate of drug-likeness (QED) is 0.269. The minimum absolute atomic E-state index is 0.0959. The third-order valence-electron chi connectivity index (χ3n) is 6.39. The monoisotopic (exact) mass is 526 g/mol. The number of carbonyl (C=O) groups is 2. The van der Waals surface area contributed by atoms with Crippen molar-refractivity contribution in [2.24, 2.45) is 0 Å². The number of ketones is 2. The van der Waals surface area contributed by atoms with E-state index in [1.54, 1.807) is 66.7 Å². The Kier molecular flexibility index (Phi) is 7.47. The van der Waals surface area contributed by atoms with E-state index in [0.717, 1.165) is 0 Å². The lowest BCUT2D eigenvalue weighted by molar-refractivity contribution is 0.0196. The minimum atomic E-state index is -1.02. The molecule has 0 amide bonds. The molecule has 0 aromatic heterocycles. The number of Topliss-reactive ketones (excluding diaryl/α,β-unsaturated/α-hetero) is 2. The van der Waals surface area contributed by atoms with Gasteiger partial charge in [-0.3, -0.25) is 9.59 Å². The van der Waals surface area contributed by atoms with Crippen LogP contribution in [-0.2, 0) is 6.42 Å². The van der Waals surface area contributed by atoms with Crippen molar-refractivity contribution in [1.82, 2.24) is 0 Å². The second-order valence-electron chi connectivity index (χ2n) is 9.11. The van der Waals surface area contributed by atoms with Gasteiger partial charge >= 0.3 is 0 Å². The highest BCUT2D eigenvalue weighted by Gasteiger charge is 2.32. The normalized spacial score (nSPS) is 16.0. The number of ether oxygens (including phenoxy) is 3. The maximum atomic E-state index is 12.7. The first-order valence-electron chi connectivity index (χ1n) is 12.3. The predicted octanol–water partition coefficient (Wildman–Crippen LogP) is 4.66. The fourth-order valence-electron chi connectivity index (χ4n) is 4.38. The van der Waals surface area contributed by atoms with Gasteiger partial charge in [-0.25, -0.2) is 0 Å². The third kappa shape index (κ3) is 5.86. The van der Waals surface area contributed by atoms with Crippen molar-refractivity contribution in [1.29, 1.82) is 0 Å².